The van der Waals surface area contributed by atoms with Crippen molar-refractivity contribution in [1.82, 2.24) is 10.0 Å². The number of esters is 1. The van der Waals surface area contributed by atoms with Gasteiger partial charge in [-0.15, -0.1) is 0 Å². The number of hydroxylamine groups is 2. The minimum absolute atomic E-state index is 0.137. The molecule has 0 radical (unpaired) electrons. The third-order valence-electron chi connectivity index (χ3n) is 4.29. The van der Waals surface area contributed by atoms with Crippen LogP contribution in [0.5, 0.6) is 0 Å². The maximum atomic E-state index is 12.3. The zero-order valence-electron chi connectivity index (χ0n) is 12.3. The lowest BCUT2D eigenvalue weighted by Gasteiger charge is -2.36. The van der Waals surface area contributed by atoms with Crippen LogP contribution in [0.1, 0.15) is 23.2 Å². The summed E-state index contributed by atoms with van der Waals surface area (Å²) in [5.74, 6) is -0.440. The van der Waals surface area contributed by atoms with E-state index in [-0.39, 0.29) is 12.6 Å². The van der Waals surface area contributed by atoms with Crippen LogP contribution in [0.4, 0.5) is 0 Å². The van der Waals surface area contributed by atoms with Crippen LogP contribution in [0, 0.1) is 0 Å². The molecular weight excluding hydrogens is 292 g/mol. The molecular formula is C18H16N2O3. The zero-order valence-corrected chi connectivity index (χ0v) is 12.3. The summed E-state index contributed by atoms with van der Waals surface area (Å²) in [7, 11) is 0. The number of morpholine rings is 1. The number of ether oxygens (including phenoxy) is 1. The number of nitrogens with one attached hydrogen (secondary N) is 1. The third kappa shape index (κ3) is 2.30. The standard InChI is InChI=1S/C18H16N2O3/c21-18-17(14-10-19-15-9-5-4-8-13(14)15)20(22)16(11-23-18)12-6-2-1-3-7-12/h1-10,16-17,19,22H,11H2/t16-,17+/m0/s1. The van der Waals surface area contributed by atoms with Crippen molar-refractivity contribution in [3.63, 3.8) is 0 Å². The van der Waals surface area contributed by atoms with Gasteiger partial charge in [0, 0.05) is 22.7 Å². The van der Waals surface area contributed by atoms with Crippen LogP contribution < -0.4 is 0 Å². The van der Waals surface area contributed by atoms with E-state index in [1.54, 1.807) is 6.20 Å². The Labute approximate surface area is 133 Å². The summed E-state index contributed by atoms with van der Waals surface area (Å²) in [4.78, 5) is 15.4. The molecule has 2 aromatic carbocycles. The maximum absolute atomic E-state index is 12.3. The van der Waals surface area contributed by atoms with Crippen molar-refractivity contribution in [2.45, 2.75) is 12.1 Å². The van der Waals surface area contributed by atoms with Crippen molar-refractivity contribution in [2.75, 3.05) is 6.61 Å². The van der Waals surface area contributed by atoms with Gasteiger partial charge in [-0.3, -0.25) is 0 Å². The predicted octanol–water partition coefficient (Wildman–Crippen LogP) is 3.20. The van der Waals surface area contributed by atoms with Crippen molar-refractivity contribution < 1.29 is 14.7 Å². The Morgan fingerprint density at radius 3 is 2.65 bits per heavy atom. The number of rotatable bonds is 2. The van der Waals surface area contributed by atoms with Gasteiger partial charge >= 0.3 is 5.97 Å². The summed E-state index contributed by atoms with van der Waals surface area (Å²) >= 11 is 0. The molecule has 0 bridgehead atoms. The van der Waals surface area contributed by atoms with E-state index < -0.39 is 12.0 Å². The second-order valence-corrected chi connectivity index (χ2v) is 5.63. The fraction of sp³-hybridized carbons (Fsp3) is 0.167. The molecule has 1 fully saturated rings. The van der Waals surface area contributed by atoms with E-state index in [1.165, 1.54) is 0 Å². The van der Waals surface area contributed by atoms with Crippen molar-refractivity contribution in [3.8, 4) is 0 Å². The minimum Gasteiger partial charge on any atom is -0.462 e. The Kier molecular flexibility index (Phi) is 3.37. The first kappa shape index (κ1) is 14.0. The van der Waals surface area contributed by atoms with E-state index in [0.29, 0.717) is 5.56 Å². The Hall–Kier alpha value is -2.63. The van der Waals surface area contributed by atoms with Crippen molar-refractivity contribution in [2.24, 2.45) is 0 Å². The largest absolute Gasteiger partial charge is 0.462 e. The van der Waals surface area contributed by atoms with Gasteiger partial charge in [0.1, 0.15) is 6.61 Å². The number of benzene rings is 2. The van der Waals surface area contributed by atoms with Crippen LogP contribution in [0.15, 0.2) is 60.8 Å². The highest BCUT2D eigenvalue weighted by Gasteiger charge is 2.40. The second-order valence-electron chi connectivity index (χ2n) is 5.63. The molecule has 1 aromatic heterocycles. The van der Waals surface area contributed by atoms with E-state index in [9.17, 15) is 10.0 Å². The van der Waals surface area contributed by atoms with E-state index in [4.69, 9.17) is 4.74 Å². The molecule has 0 amide bonds. The number of aromatic nitrogens is 1. The van der Waals surface area contributed by atoms with Gasteiger partial charge in [-0.2, -0.15) is 5.06 Å². The number of carbonyl (C=O) groups is 1. The number of H-pyrrole nitrogens is 1. The molecule has 2 N–H and O–H groups in total. The number of hydrogen-bond donors (Lipinski definition) is 2. The number of aromatic amines is 1. The highest BCUT2D eigenvalue weighted by molar-refractivity contribution is 5.89. The molecule has 1 saturated heterocycles. The predicted molar refractivity (Wildman–Crippen MR) is 84.8 cm³/mol. The number of cyclic esters (lactones) is 1. The highest BCUT2D eigenvalue weighted by atomic mass is 16.6. The summed E-state index contributed by atoms with van der Waals surface area (Å²) < 4.78 is 5.35. The topological polar surface area (TPSA) is 65.6 Å². The van der Waals surface area contributed by atoms with E-state index >= 15 is 0 Å². The third-order valence-corrected chi connectivity index (χ3v) is 4.29. The number of nitrogens with zero attached hydrogens (tertiary/aromatic N) is 1. The monoisotopic (exact) mass is 308 g/mol. The van der Waals surface area contributed by atoms with Gasteiger partial charge in [-0.1, -0.05) is 48.5 Å². The van der Waals surface area contributed by atoms with Crippen molar-refractivity contribution >= 4 is 16.9 Å². The maximum Gasteiger partial charge on any atom is 0.330 e. The molecule has 0 saturated carbocycles. The van der Waals surface area contributed by atoms with Gasteiger partial charge in [0.15, 0.2) is 6.04 Å². The Bertz CT molecular complexity index is 844. The number of carbonyl (C=O) groups excluding carboxylic acids is 1. The molecule has 5 heteroatoms. The average Bonchev–Trinajstić information content (AvgIpc) is 3.00. The SMILES string of the molecule is O=C1OC[C@@H](c2ccccc2)N(O)[C@@H]1c1c[nH]c2ccccc12. The fourth-order valence-corrected chi connectivity index (χ4v) is 3.12. The molecule has 3 aromatic rings. The first-order valence-corrected chi connectivity index (χ1v) is 7.50. The molecule has 1 aliphatic heterocycles. The van der Waals surface area contributed by atoms with Gasteiger partial charge in [0.25, 0.3) is 0 Å². The van der Waals surface area contributed by atoms with Gasteiger partial charge in [-0.05, 0) is 11.6 Å². The van der Waals surface area contributed by atoms with Crippen molar-refractivity contribution in [1.29, 1.82) is 0 Å². The zero-order chi connectivity index (χ0) is 15.8. The summed E-state index contributed by atoms with van der Waals surface area (Å²) in [6.07, 6.45) is 1.76. The highest BCUT2D eigenvalue weighted by Crippen LogP contribution is 2.36. The smallest absolute Gasteiger partial charge is 0.330 e. The normalized spacial score (nSPS) is 22.2. The van der Waals surface area contributed by atoms with Crippen LogP contribution in [0.2, 0.25) is 0 Å². The van der Waals surface area contributed by atoms with Crippen LogP contribution in [-0.4, -0.2) is 27.8 Å². The van der Waals surface area contributed by atoms with Crippen LogP contribution >= 0.6 is 0 Å². The van der Waals surface area contributed by atoms with Crippen LogP contribution in [0.3, 0.4) is 0 Å². The van der Waals surface area contributed by atoms with Crippen LogP contribution in [0.25, 0.3) is 10.9 Å². The molecule has 0 spiro atoms. The summed E-state index contributed by atoms with van der Waals surface area (Å²) in [6, 6.07) is 16.0. The van der Waals surface area contributed by atoms with Gasteiger partial charge in [-0.25, -0.2) is 4.79 Å². The molecule has 0 aliphatic carbocycles. The van der Waals surface area contributed by atoms with Crippen molar-refractivity contribution in [3.05, 3.63) is 71.9 Å². The number of hydrogen-bond acceptors (Lipinski definition) is 4. The molecule has 2 atom stereocenters. The lowest BCUT2D eigenvalue weighted by molar-refractivity contribution is -0.220. The first-order chi connectivity index (χ1) is 11.3. The Balaban J connectivity index is 1.76. The van der Waals surface area contributed by atoms with Gasteiger partial charge in [0.05, 0.1) is 6.04 Å². The van der Waals surface area contributed by atoms with E-state index in [0.717, 1.165) is 21.5 Å². The lowest BCUT2D eigenvalue weighted by atomic mass is 9.99. The molecule has 4 rings (SSSR count). The molecule has 116 valence electrons. The lowest BCUT2D eigenvalue weighted by Crippen LogP contribution is -2.43. The molecule has 1 aliphatic rings. The van der Waals surface area contributed by atoms with Gasteiger partial charge < -0.3 is 14.9 Å². The van der Waals surface area contributed by atoms with Crippen LogP contribution in [-0.2, 0) is 9.53 Å². The second kappa shape index (κ2) is 5.53. The summed E-state index contributed by atoms with van der Waals surface area (Å²) in [6.45, 7) is 0.137. The fourth-order valence-electron chi connectivity index (χ4n) is 3.12. The molecule has 23 heavy (non-hydrogen) atoms. The summed E-state index contributed by atoms with van der Waals surface area (Å²) in [5.41, 5.74) is 2.55. The van der Waals surface area contributed by atoms with E-state index in [2.05, 4.69) is 4.98 Å². The number of para-hydroxylation sites is 1. The first-order valence-electron chi connectivity index (χ1n) is 7.50. The molecule has 2 heterocycles. The molecule has 0 unspecified atom stereocenters. The average molecular weight is 308 g/mol. The number of fused-ring (bicyclic) bond motifs is 1. The molecule has 5 nitrogen and oxygen atoms in total. The van der Waals surface area contributed by atoms with Gasteiger partial charge in [0.2, 0.25) is 0 Å². The minimum atomic E-state index is -0.842. The summed E-state index contributed by atoms with van der Waals surface area (Å²) in [5, 5.41) is 12.7. The quantitative estimate of drug-likeness (QED) is 0.714. The Morgan fingerprint density at radius 1 is 1.09 bits per heavy atom. The Morgan fingerprint density at radius 2 is 1.83 bits per heavy atom. The van der Waals surface area contributed by atoms with E-state index in [1.807, 2.05) is 54.6 Å².